The zero-order valence-electron chi connectivity index (χ0n) is 14.9. The van der Waals surface area contributed by atoms with Crippen LogP contribution in [0, 0.1) is 16.0 Å². The molecule has 1 aliphatic heterocycles. The second kappa shape index (κ2) is 9.09. The molecule has 1 saturated heterocycles. The first-order valence-electron chi connectivity index (χ1n) is 9.35. The highest BCUT2D eigenvalue weighted by Crippen LogP contribution is 2.33. The molecule has 0 aromatic heterocycles. The predicted molar refractivity (Wildman–Crippen MR) is 93.8 cm³/mol. The minimum atomic E-state index is -0.612. The number of carbonyl (C=O) groups is 1. The van der Waals surface area contributed by atoms with Crippen molar-refractivity contribution in [3.8, 4) is 5.75 Å². The number of nitro groups is 1. The first kappa shape index (κ1) is 18.8. The first-order chi connectivity index (χ1) is 12.6. The molecule has 1 aliphatic carbocycles. The third-order valence-corrected chi connectivity index (χ3v) is 4.98. The van der Waals surface area contributed by atoms with Gasteiger partial charge in [-0.05, 0) is 30.9 Å². The van der Waals surface area contributed by atoms with E-state index in [1.807, 2.05) is 0 Å². The SMILES string of the molecule is O=C(CCC1CCCCC1)Oc1ccc(C2OCCCO2)cc1[N+](=O)[O-]. The number of carbonyl (C=O) groups excluding carboxylic acids is 1. The molecule has 0 unspecified atom stereocenters. The standard InChI is InChI=1S/C19H25NO6/c21-18(10-7-14-5-2-1-3-6-14)26-17-9-8-15(13-16(17)20(22)23)19-24-11-4-12-25-19/h8-9,13-14,19H,1-7,10-12H2. The lowest BCUT2D eigenvalue weighted by atomic mass is 9.86. The van der Waals surface area contributed by atoms with Crippen LogP contribution >= 0.6 is 0 Å². The number of ether oxygens (including phenoxy) is 3. The second-order valence-corrected chi connectivity index (χ2v) is 6.93. The van der Waals surface area contributed by atoms with Gasteiger partial charge in [0.1, 0.15) is 0 Å². The van der Waals surface area contributed by atoms with Crippen molar-refractivity contribution in [2.24, 2.45) is 5.92 Å². The monoisotopic (exact) mass is 363 g/mol. The molecule has 0 amide bonds. The van der Waals surface area contributed by atoms with E-state index in [2.05, 4.69) is 0 Å². The highest BCUT2D eigenvalue weighted by molar-refractivity contribution is 5.74. The molecule has 7 heteroatoms. The number of esters is 1. The largest absolute Gasteiger partial charge is 0.419 e. The topological polar surface area (TPSA) is 87.9 Å². The van der Waals surface area contributed by atoms with Gasteiger partial charge in [-0.15, -0.1) is 0 Å². The van der Waals surface area contributed by atoms with Crippen LogP contribution in [0.15, 0.2) is 18.2 Å². The van der Waals surface area contributed by atoms with E-state index in [-0.39, 0.29) is 11.4 Å². The van der Waals surface area contributed by atoms with Gasteiger partial charge in [-0.2, -0.15) is 0 Å². The maximum Gasteiger partial charge on any atom is 0.312 e. The van der Waals surface area contributed by atoms with Gasteiger partial charge in [0.2, 0.25) is 5.75 Å². The molecule has 0 bridgehead atoms. The minimum absolute atomic E-state index is 0.0248. The van der Waals surface area contributed by atoms with E-state index in [1.54, 1.807) is 6.07 Å². The Morgan fingerprint density at radius 2 is 1.88 bits per heavy atom. The van der Waals surface area contributed by atoms with Gasteiger partial charge in [0.25, 0.3) is 0 Å². The molecule has 142 valence electrons. The maximum absolute atomic E-state index is 12.1. The van der Waals surface area contributed by atoms with E-state index >= 15 is 0 Å². The van der Waals surface area contributed by atoms with E-state index in [1.165, 1.54) is 31.4 Å². The number of nitrogens with zero attached hydrogens (tertiary/aromatic N) is 1. The van der Waals surface area contributed by atoms with Crippen LogP contribution in [-0.2, 0) is 14.3 Å². The zero-order valence-corrected chi connectivity index (χ0v) is 14.9. The van der Waals surface area contributed by atoms with Gasteiger partial charge < -0.3 is 14.2 Å². The molecule has 0 radical (unpaired) electrons. The lowest BCUT2D eigenvalue weighted by Crippen LogP contribution is -2.18. The van der Waals surface area contributed by atoms with Gasteiger partial charge in [-0.1, -0.05) is 32.1 Å². The molecule has 1 heterocycles. The Hall–Kier alpha value is -1.99. The van der Waals surface area contributed by atoms with Crippen molar-refractivity contribution in [2.45, 2.75) is 57.7 Å². The highest BCUT2D eigenvalue weighted by atomic mass is 16.7. The maximum atomic E-state index is 12.1. The van der Waals surface area contributed by atoms with Crippen molar-refractivity contribution in [1.29, 1.82) is 0 Å². The fraction of sp³-hybridized carbons (Fsp3) is 0.632. The van der Waals surface area contributed by atoms with Gasteiger partial charge in [0.05, 0.1) is 18.1 Å². The summed E-state index contributed by atoms with van der Waals surface area (Å²) in [6.07, 6.45) is 7.29. The Labute approximate surface area is 152 Å². The lowest BCUT2D eigenvalue weighted by Gasteiger charge is -2.23. The van der Waals surface area contributed by atoms with Crippen molar-refractivity contribution in [3.05, 3.63) is 33.9 Å². The van der Waals surface area contributed by atoms with Crippen molar-refractivity contribution >= 4 is 11.7 Å². The number of hydrogen-bond acceptors (Lipinski definition) is 6. The number of benzene rings is 1. The van der Waals surface area contributed by atoms with Gasteiger partial charge in [-0.3, -0.25) is 14.9 Å². The van der Waals surface area contributed by atoms with Crippen LogP contribution in [0.2, 0.25) is 0 Å². The van der Waals surface area contributed by atoms with Crippen LogP contribution in [0.3, 0.4) is 0 Å². The smallest absolute Gasteiger partial charge is 0.312 e. The molecular formula is C19H25NO6. The average Bonchev–Trinajstić information content (AvgIpc) is 2.68. The summed E-state index contributed by atoms with van der Waals surface area (Å²) in [7, 11) is 0. The molecule has 0 spiro atoms. The highest BCUT2D eigenvalue weighted by Gasteiger charge is 2.24. The second-order valence-electron chi connectivity index (χ2n) is 6.93. The van der Waals surface area contributed by atoms with Crippen LogP contribution < -0.4 is 4.74 Å². The molecule has 1 aromatic carbocycles. The van der Waals surface area contributed by atoms with E-state index in [9.17, 15) is 14.9 Å². The minimum Gasteiger partial charge on any atom is -0.419 e. The summed E-state index contributed by atoms with van der Waals surface area (Å²) in [4.78, 5) is 23.0. The predicted octanol–water partition coefficient (Wildman–Crippen LogP) is 4.30. The Kier molecular flexibility index (Phi) is 6.57. The molecule has 0 N–H and O–H groups in total. The molecule has 1 saturated carbocycles. The molecule has 7 nitrogen and oxygen atoms in total. The van der Waals surface area contributed by atoms with Crippen molar-refractivity contribution in [3.63, 3.8) is 0 Å². The van der Waals surface area contributed by atoms with E-state index < -0.39 is 17.2 Å². The molecule has 2 fully saturated rings. The normalized spacial score (nSPS) is 19.2. The zero-order chi connectivity index (χ0) is 18.4. The summed E-state index contributed by atoms with van der Waals surface area (Å²) in [5.41, 5.74) is 0.310. The van der Waals surface area contributed by atoms with Crippen LogP contribution in [0.4, 0.5) is 5.69 Å². The summed E-state index contributed by atoms with van der Waals surface area (Å²) < 4.78 is 16.2. The third-order valence-electron chi connectivity index (χ3n) is 4.98. The third kappa shape index (κ3) is 5.02. The summed E-state index contributed by atoms with van der Waals surface area (Å²) >= 11 is 0. The van der Waals surface area contributed by atoms with Gasteiger partial charge in [-0.25, -0.2) is 0 Å². The molecular weight excluding hydrogens is 338 g/mol. The average molecular weight is 363 g/mol. The Balaban J connectivity index is 1.62. The van der Waals surface area contributed by atoms with E-state index in [4.69, 9.17) is 14.2 Å². The number of nitro benzene ring substituents is 1. The van der Waals surface area contributed by atoms with Crippen LogP contribution in [0.5, 0.6) is 5.75 Å². The summed E-state index contributed by atoms with van der Waals surface area (Å²) in [5.74, 6) is 0.119. The Morgan fingerprint density at radius 3 is 2.58 bits per heavy atom. The van der Waals surface area contributed by atoms with Crippen LogP contribution in [0.25, 0.3) is 0 Å². The van der Waals surface area contributed by atoms with Crippen molar-refractivity contribution in [1.82, 2.24) is 0 Å². The lowest BCUT2D eigenvalue weighted by molar-refractivity contribution is -0.385. The first-order valence-corrected chi connectivity index (χ1v) is 9.35. The number of hydrogen-bond donors (Lipinski definition) is 0. The summed E-state index contributed by atoms with van der Waals surface area (Å²) in [6.45, 7) is 1.10. The molecule has 2 aliphatic rings. The number of rotatable bonds is 6. The Morgan fingerprint density at radius 1 is 1.15 bits per heavy atom. The van der Waals surface area contributed by atoms with Crippen LogP contribution in [-0.4, -0.2) is 24.1 Å². The molecule has 26 heavy (non-hydrogen) atoms. The van der Waals surface area contributed by atoms with E-state index in [0.29, 0.717) is 31.1 Å². The van der Waals surface area contributed by atoms with Crippen molar-refractivity contribution < 1.29 is 23.9 Å². The summed E-state index contributed by atoms with van der Waals surface area (Å²) in [5, 5.41) is 11.4. The van der Waals surface area contributed by atoms with Gasteiger partial charge >= 0.3 is 11.7 Å². The van der Waals surface area contributed by atoms with E-state index in [0.717, 1.165) is 25.7 Å². The summed E-state index contributed by atoms with van der Waals surface area (Å²) in [6, 6.07) is 4.46. The van der Waals surface area contributed by atoms with Gasteiger partial charge in [0, 0.05) is 18.1 Å². The molecule has 3 rings (SSSR count). The molecule has 0 atom stereocenters. The van der Waals surface area contributed by atoms with Gasteiger partial charge in [0.15, 0.2) is 6.29 Å². The molecule has 1 aromatic rings. The quantitative estimate of drug-likeness (QED) is 0.324. The fourth-order valence-electron chi connectivity index (χ4n) is 3.56. The van der Waals surface area contributed by atoms with Crippen molar-refractivity contribution in [2.75, 3.05) is 13.2 Å². The fourth-order valence-corrected chi connectivity index (χ4v) is 3.56. The Bertz CT molecular complexity index is 635. The van der Waals surface area contributed by atoms with Crippen LogP contribution in [0.1, 0.15) is 63.2 Å².